The van der Waals surface area contributed by atoms with E-state index in [9.17, 15) is 4.79 Å². The van der Waals surface area contributed by atoms with Gasteiger partial charge < -0.3 is 14.8 Å². The van der Waals surface area contributed by atoms with Crippen molar-refractivity contribution in [1.82, 2.24) is 5.32 Å². The second-order valence-electron chi connectivity index (χ2n) is 7.28. The quantitative estimate of drug-likeness (QED) is 0.684. The highest BCUT2D eigenvalue weighted by molar-refractivity contribution is 9.10. The molecule has 0 aliphatic carbocycles. The van der Waals surface area contributed by atoms with Crippen molar-refractivity contribution in [3.05, 3.63) is 40.9 Å². The molecule has 1 amide bonds. The number of nitrogens with one attached hydrogen (secondary N) is 1. The second-order valence-corrected chi connectivity index (χ2v) is 8.19. The van der Waals surface area contributed by atoms with Gasteiger partial charge in [0, 0.05) is 11.0 Å². The fraction of sp³-hybridized carbons (Fsp3) is 0.450. The first-order chi connectivity index (χ1) is 11.7. The lowest BCUT2D eigenvalue weighted by molar-refractivity contribution is 0.0518. The first-order valence-corrected chi connectivity index (χ1v) is 9.31. The summed E-state index contributed by atoms with van der Waals surface area (Å²) in [7, 11) is 0. The van der Waals surface area contributed by atoms with Crippen LogP contribution in [0.2, 0.25) is 0 Å². The summed E-state index contributed by atoms with van der Waals surface area (Å²) in [5.74, 6) is 1.17. The van der Waals surface area contributed by atoms with Crippen molar-refractivity contribution >= 4 is 32.8 Å². The Balaban J connectivity index is 1.74. The zero-order valence-electron chi connectivity index (χ0n) is 15.3. The zero-order chi connectivity index (χ0) is 18.4. The largest absolute Gasteiger partial charge is 0.494 e. The summed E-state index contributed by atoms with van der Waals surface area (Å²) in [6.45, 7) is 8.83. The van der Waals surface area contributed by atoms with E-state index in [-0.39, 0.29) is 6.09 Å². The molecule has 0 heterocycles. The molecule has 5 heteroatoms. The molecule has 25 heavy (non-hydrogen) atoms. The maximum Gasteiger partial charge on any atom is 0.407 e. The van der Waals surface area contributed by atoms with Gasteiger partial charge in [-0.1, -0.05) is 35.0 Å². The van der Waals surface area contributed by atoms with Crippen molar-refractivity contribution in [3.8, 4) is 5.75 Å². The molecular formula is C20H26BrNO3. The summed E-state index contributed by atoms with van der Waals surface area (Å²) in [6.07, 6.45) is 0.481. The highest BCUT2D eigenvalue weighted by Gasteiger charge is 2.16. The maximum atomic E-state index is 11.6. The second kappa shape index (κ2) is 8.56. The van der Waals surface area contributed by atoms with Crippen LogP contribution < -0.4 is 10.1 Å². The number of hydrogen-bond donors (Lipinski definition) is 1. The van der Waals surface area contributed by atoms with Gasteiger partial charge in [0.05, 0.1) is 6.61 Å². The number of ether oxygens (including phenoxy) is 2. The Morgan fingerprint density at radius 2 is 1.84 bits per heavy atom. The van der Waals surface area contributed by atoms with E-state index in [0.29, 0.717) is 19.1 Å². The van der Waals surface area contributed by atoms with Crippen LogP contribution in [-0.2, 0) is 4.74 Å². The Kier molecular flexibility index (Phi) is 6.71. The summed E-state index contributed by atoms with van der Waals surface area (Å²) in [5, 5.41) is 5.13. The fourth-order valence-electron chi connectivity index (χ4n) is 2.34. The zero-order valence-corrected chi connectivity index (χ0v) is 16.9. The molecule has 2 aromatic rings. The number of fused-ring (bicyclic) bond motifs is 1. The van der Waals surface area contributed by atoms with E-state index in [1.165, 1.54) is 5.39 Å². The SMILES string of the molecule is C[C@@H](CCOc1ccc2cc(Br)ccc2c1)CNC(=O)OC(C)(C)C. The minimum atomic E-state index is -0.470. The molecule has 0 aliphatic rings. The van der Waals surface area contributed by atoms with Gasteiger partial charge in [0.2, 0.25) is 0 Å². The number of halogens is 1. The average molecular weight is 408 g/mol. The Morgan fingerprint density at radius 1 is 1.16 bits per heavy atom. The molecule has 0 unspecified atom stereocenters. The van der Waals surface area contributed by atoms with E-state index in [1.54, 1.807) is 0 Å². The third-order valence-electron chi connectivity index (χ3n) is 3.65. The number of carbonyl (C=O) groups is 1. The lowest BCUT2D eigenvalue weighted by Crippen LogP contribution is -2.35. The molecule has 1 atom stereocenters. The van der Waals surface area contributed by atoms with Crippen molar-refractivity contribution in [2.45, 2.75) is 39.7 Å². The van der Waals surface area contributed by atoms with Crippen LogP contribution >= 0.6 is 15.9 Å². The molecule has 0 fully saturated rings. The standard InChI is InChI=1S/C20H26BrNO3/c1-14(13-22-19(23)25-20(2,3)4)9-10-24-18-8-6-15-11-17(21)7-5-16(15)12-18/h5-8,11-12,14H,9-10,13H2,1-4H3,(H,22,23)/t14-/m0/s1. The van der Waals surface area contributed by atoms with Gasteiger partial charge in [-0.05, 0) is 68.1 Å². The van der Waals surface area contributed by atoms with Gasteiger partial charge in [-0.15, -0.1) is 0 Å². The molecule has 0 saturated heterocycles. The predicted molar refractivity (Wildman–Crippen MR) is 105 cm³/mol. The topological polar surface area (TPSA) is 47.6 Å². The molecule has 0 aromatic heterocycles. The molecule has 2 rings (SSSR count). The third kappa shape index (κ3) is 6.94. The summed E-state index contributed by atoms with van der Waals surface area (Å²) < 4.78 is 12.1. The Morgan fingerprint density at radius 3 is 2.56 bits per heavy atom. The van der Waals surface area contributed by atoms with Crippen molar-refractivity contribution in [3.63, 3.8) is 0 Å². The summed E-state index contributed by atoms with van der Waals surface area (Å²) in [4.78, 5) is 11.6. The molecule has 0 bridgehead atoms. The highest BCUT2D eigenvalue weighted by atomic mass is 79.9. The normalized spacial score (nSPS) is 12.7. The number of rotatable bonds is 6. The van der Waals surface area contributed by atoms with Crippen LogP contribution in [0.15, 0.2) is 40.9 Å². The molecular weight excluding hydrogens is 382 g/mol. The Bertz CT molecular complexity index is 724. The monoisotopic (exact) mass is 407 g/mol. The van der Waals surface area contributed by atoms with E-state index in [1.807, 2.05) is 39.0 Å². The average Bonchev–Trinajstić information content (AvgIpc) is 2.51. The minimum absolute atomic E-state index is 0.309. The van der Waals surface area contributed by atoms with Crippen LogP contribution in [0, 0.1) is 5.92 Å². The maximum absolute atomic E-state index is 11.6. The Labute approximate surface area is 158 Å². The number of carbonyl (C=O) groups excluding carboxylic acids is 1. The van der Waals surface area contributed by atoms with E-state index in [4.69, 9.17) is 9.47 Å². The summed E-state index contributed by atoms with van der Waals surface area (Å²) >= 11 is 3.48. The van der Waals surface area contributed by atoms with Crippen molar-refractivity contribution in [2.24, 2.45) is 5.92 Å². The third-order valence-corrected chi connectivity index (χ3v) is 4.14. The van der Waals surface area contributed by atoms with E-state index >= 15 is 0 Å². The van der Waals surface area contributed by atoms with Gasteiger partial charge in [-0.2, -0.15) is 0 Å². The van der Waals surface area contributed by atoms with Crippen LogP contribution in [0.5, 0.6) is 5.75 Å². The van der Waals surface area contributed by atoms with Crippen molar-refractivity contribution < 1.29 is 14.3 Å². The number of amides is 1. The van der Waals surface area contributed by atoms with Gasteiger partial charge in [0.1, 0.15) is 11.4 Å². The van der Waals surface area contributed by atoms with Crippen LogP contribution in [0.4, 0.5) is 4.79 Å². The van der Waals surface area contributed by atoms with E-state index < -0.39 is 5.60 Å². The van der Waals surface area contributed by atoms with Crippen LogP contribution in [0.1, 0.15) is 34.1 Å². The van der Waals surface area contributed by atoms with Crippen molar-refractivity contribution in [2.75, 3.05) is 13.2 Å². The van der Waals surface area contributed by atoms with Crippen LogP contribution in [0.25, 0.3) is 10.8 Å². The first-order valence-electron chi connectivity index (χ1n) is 8.52. The van der Waals surface area contributed by atoms with Gasteiger partial charge in [0.15, 0.2) is 0 Å². The number of hydrogen-bond acceptors (Lipinski definition) is 3. The van der Waals surface area contributed by atoms with Gasteiger partial charge in [-0.3, -0.25) is 0 Å². The molecule has 0 saturated carbocycles. The summed E-state index contributed by atoms with van der Waals surface area (Å²) in [6, 6.07) is 12.3. The van der Waals surface area contributed by atoms with Crippen LogP contribution in [0.3, 0.4) is 0 Å². The molecule has 4 nitrogen and oxygen atoms in total. The molecule has 2 aromatic carbocycles. The van der Waals surface area contributed by atoms with Gasteiger partial charge in [0.25, 0.3) is 0 Å². The first kappa shape index (κ1) is 19.6. The lowest BCUT2D eigenvalue weighted by Gasteiger charge is -2.20. The Hall–Kier alpha value is -1.75. The van der Waals surface area contributed by atoms with Gasteiger partial charge >= 0.3 is 6.09 Å². The highest BCUT2D eigenvalue weighted by Crippen LogP contribution is 2.24. The predicted octanol–water partition coefficient (Wildman–Crippen LogP) is 5.53. The molecule has 1 N–H and O–H groups in total. The number of benzene rings is 2. The molecule has 0 radical (unpaired) electrons. The molecule has 136 valence electrons. The number of alkyl carbamates (subject to hydrolysis) is 1. The van der Waals surface area contributed by atoms with Crippen LogP contribution in [-0.4, -0.2) is 24.8 Å². The fourth-order valence-corrected chi connectivity index (χ4v) is 2.72. The lowest BCUT2D eigenvalue weighted by atomic mass is 10.1. The van der Waals surface area contributed by atoms with E-state index in [2.05, 4.69) is 46.4 Å². The minimum Gasteiger partial charge on any atom is -0.494 e. The van der Waals surface area contributed by atoms with E-state index in [0.717, 1.165) is 22.0 Å². The molecule has 0 aliphatic heterocycles. The summed E-state index contributed by atoms with van der Waals surface area (Å²) in [5.41, 5.74) is -0.470. The van der Waals surface area contributed by atoms with Gasteiger partial charge in [-0.25, -0.2) is 4.79 Å². The van der Waals surface area contributed by atoms with Crippen molar-refractivity contribution in [1.29, 1.82) is 0 Å². The molecule has 0 spiro atoms. The smallest absolute Gasteiger partial charge is 0.407 e.